The van der Waals surface area contributed by atoms with E-state index in [4.69, 9.17) is 0 Å². The van der Waals surface area contributed by atoms with Gasteiger partial charge in [0.1, 0.15) is 16.5 Å². The van der Waals surface area contributed by atoms with Gasteiger partial charge in [-0.05, 0) is 22.9 Å². The van der Waals surface area contributed by atoms with E-state index in [1.54, 1.807) is 0 Å². The fourth-order valence-electron chi connectivity index (χ4n) is 2.43. The fraction of sp³-hybridized carbons (Fsp3) is 0.333. The molecule has 2 aromatic rings. The number of hydrogen-bond acceptors (Lipinski definition) is 2. The summed E-state index contributed by atoms with van der Waals surface area (Å²) in [6, 6.07) is 11.4. The minimum absolute atomic E-state index is 0.166. The lowest BCUT2D eigenvalue weighted by molar-refractivity contribution is 0.0944. The van der Waals surface area contributed by atoms with Gasteiger partial charge in [-0.1, -0.05) is 63.5 Å². The van der Waals surface area contributed by atoms with Crippen LogP contribution in [-0.2, 0) is 0 Å². The summed E-state index contributed by atoms with van der Waals surface area (Å²) in [6.07, 6.45) is 0. The van der Waals surface area contributed by atoms with Gasteiger partial charge in [-0.2, -0.15) is 0 Å². The molecule has 4 nitrogen and oxygen atoms in total. The average molecular weight is 359 g/mol. The van der Waals surface area contributed by atoms with Crippen molar-refractivity contribution < 1.29 is 9.59 Å². The van der Waals surface area contributed by atoms with Gasteiger partial charge in [0.2, 0.25) is 11.8 Å². The maximum atomic E-state index is 12.7. The highest BCUT2D eigenvalue weighted by atomic mass is 28.3. The maximum Gasteiger partial charge on any atom is 0.244 e. The maximum absolute atomic E-state index is 12.7. The van der Waals surface area contributed by atoms with Crippen LogP contribution in [0.15, 0.2) is 36.4 Å². The van der Waals surface area contributed by atoms with E-state index in [0.29, 0.717) is 11.1 Å². The fourth-order valence-corrected chi connectivity index (χ4v) is 4.06. The highest BCUT2D eigenvalue weighted by Gasteiger charge is 2.25. The largest absolute Gasteiger partial charge is 0.378 e. The molecule has 0 aliphatic carbocycles. The summed E-state index contributed by atoms with van der Waals surface area (Å²) in [5.74, 6) is -0.332. The molecule has 0 aromatic heterocycles. The molecule has 0 heterocycles. The Morgan fingerprint density at radius 3 is 1.33 bits per heavy atom. The second-order valence-electron chi connectivity index (χ2n) is 8.15. The highest BCUT2D eigenvalue weighted by Crippen LogP contribution is 2.21. The second kappa shape index (κ2) is 6.53. The summed E-state index contributed by atoms with van der Waals surface area (Å²) >= 11 is 0. The summed E-state index contributed by atoms with van der Waals surface area (Å²) in [5, 5.41) is 1.92. The van der Waals surface area contributed by atoms with E-state index in [1.807, 2.05) is 36.4 Å². The minimum atomic E-state index is -1.80. The molecule has 6 heteroatoms. The lowest BCUT2D eigenvalue weighted by Gasteiger charge is -2.22. The molecule has 24 heavy (non-hydrogen) atoms. The topological polar surface area (TPSA) is 58.2 Å². The van der Waals surface area contributed by atoms with E-state index in [2.05, 4.69) is 49.2 Å². The Balaban J connectivity index is 2.55. The third kappa shape index (κ3) is 4.78. The van der Waals surface area contributed by atoms with Crippen LogP contribution in [0, 0.1) is 0 Å². The summed E-state index contributed by atoms with van der Waals surface area (Å²) in [5.41, 5.74) is 0.902. The molecule has 0 atom stereocenters. The van der Waals surface area contributed by atoms with Gasteiger partial charge in [-0.15, -0.1) is 0 Å². The quantitative estimate of drug-likeness (QED) is 0.813. The number of benzene rings is 2. The number of carbonyl (C=O) groups is 2. The van der Waals surface area contributed by atoms with Crippen molar-refractivity contribution in [3.8, 4) is 0 Å². The van der Waals surface area contributed by atoms with Crippen molar-refractivity contribution in [3.05, 3.63) is 47.5 Å². The van der Waals surface area contributed by atoms with Gasteiger partial charge in [0.05, 0.1) is 11.1 Å². The van der Waals surface area contributed by atoms with Crippen molar-refractivity contribution >= 4 is 39.1 Å². The molecule has 0 spiro atoms. The number of amides is 2. The smallest absolute Gasteiger partial charge is 0.244 e. The van der Waals surface area contributed by atoms with Crippen LogP contribution < -0.4 is 9.96 Å². The molecule has 0 bridgehead atoms. The van der Waals surface area contributed by atoms with Crippen LogP contribution in [0.5, 0.6) is 0 Å². The van der Waals surface area contributed by atoms with Crippen molar-refractivity contribution in [3.63, 3.8) is 0 Å². The van der Waals surface area contributed by atoms with E-state index in [1.165, 1.54) is 0 Å². The molecule has 0 unspecified atom stereocenters. The van der Waals surface area contributed by atoms with Crippen LogP contribution in [0.25, 0.3) is 10.8 Å². The normalized spacial score (nSPS) is 12.1. The zero-order valence-electron chi connectivity index (χ0n) is 15.3. The highest BCUT2D eigenvalue weighted by molar-refractivity contribution is 6.76. The first-order chi connectivity index (χ1) is 11.0. The van der Waals surface area contributed by atoms with Gasteiger partial charge in [-0.25, -0.2) is 0 Å². The minimum Gasteiger partial charge on any atom is -0.378 e. The molecule has 0 aliphatic heterocycles. The molecular weight excluding hydrogens is 332 g/mol. The van der Waals surface area contributed by atoms with Crippen LogP contribution in [0.1, 0.15) is 20.7 Å². The average Bonchev–Trinajstić information content (AvgIpc) is 2.42. The van der Waals surface area contributed by atoms with Crippen LogP contribution >= 0.6 is 0 Å². The first-order valence-corrected chi connectivity index (χ1v) is 15.1. The summed E-state index contributed by atoms with van der Waals surface area (Å²) in [7, 11) is -3.60. The molecule has 0 aliphatic rings. The third-order valence-electron chi connectivity index (χ3n) is 3.35. The number of rotatable bonds is 4. The van der Waals surface area contributed by atoms with Crippen LogP contribution in [-0.4, -0.2) is 28.3 Å². The van der Waals surface area contributed by atoms with E-state index in [-0.39, 0.29) is 11.8 Å². The Morgan fingerprint density at radius 1 is 0.708 bits per heavy atom. The molecule has 2 amide bonds. The second-order valence-corrected chi connectivity index (χ2v) is 17.7. The Bertz CT molecular complexity index is 723. The van der Waals surface area contributed by atoms with Gasteiger partial charge in [0.25, 0.3) is 0 Å². The van der Waals surface area contributed by atoms with Gasteiger partial charge in [-0.3, -0.25) is 9.59 Å². The molecule has 0 saturated heterocycles. The summed E-state index contributed by atoms with van der Waals surface area (Å²) in [6.45, 7) is 12.4. The van der Waals surface area contributed by atoms with Crippen molar-refractivity contribution in [1.82, 2.24) is 9.96 Å². The molecule has 0 saturated carbocycles. The zero-order chi connectivity index (χ0) is 18.1. The number of carbonyl (C=O) groups excluding carboxylic acids is 2. The Labute approximate surface area is 145 Å². The van der Waals surface area contributed by atoms with Gasteiger partial charge in [0, 0.05) is 0 Å². The van der Waals surface area contributed by atoms with Gasteiger partial charge < -0.3 is 9.96 Å². The predicted octanol–water partition coefficient (Wildman–Crippen LogP) is 3.97. The lowest BCUT2D eigenvalue weighted by Crippen LogP contribution is -2.48. The lowest BCUT2D eigenvalue weighted by atomic mass is 10.00. The standard InChI is InChI=1S/C18H26N2O2Si2/c1-23(2,3)19-17(21)15-11-13-9-7-8-10-14(13)12-16(15)18(22)20-24(4,5)6/h7-12H,1-6H3,(H,19,21)(H,20,22). The molecule has 128 valence electrons. The summed E-state index contributed by atoms with van der Waals surface area (Å²) < 4.78 is 0. The van der Waals surface area contributed by atoms with E-state index in [0.717, 1.165) is 10.8 Å². The molecular formula is C18H26N2O2Si2. The van der Waals surface area contributed by atoms with Crippen LogP contribution in [0.2, 0.25) is 39.3 Å². The van der Waals surface area contributed by atoms with Crippen LogP contribution in [0.3, 0.4) is 0 Å². The van der Waals surface area contributed by atoms with E-state index in [9.17, 15) is 9.59 Å². The Hall–Kier alpha value is -1.93. The number of hydrogen-bond donors (Lipinski definition) is 2. The Morgan fingerprint density at radius 2 is 1.04 bits per heavy atom. The van der Waals surface area contributed by atoms with Crippen molar-refractivity contribution in [2.45, 2.75) is 39.3 Å². The van der Waals surface area contributed by atoms with E-state index >= 15 is 0 Å². The SMILES string of the molecule is C[Si](C)(C)NC(=O)c1cc2ccccc2cc1C(=O)N[Si](C)(C)C. The van der Waals surface area contributed by atoms with E-state index < -0.39 is 16.5 Å². The van der Waals surface area contributed by atoms with Gasteiger partial charge in [0.15, 0.2) is 0 Å². The molecule has 2 aromatic carbocycles. The van der Waals surface area contributed by atoms with Crippen LogP contribution in [0.4, 0.5) is 0 Å². The van der Waals surface area contributed by atoms with Crippen molar-refractivity contribution in [2.75, 3.05) is 0 Å². The number of fused-ring (bicyclic) bond motifs is 1. The van der Waals surface area contributed by atoms with Crippen molar-refractivity contribution in [1.29, 1.82) is 0 Å². The first-order valence-electron chi connectivity index (χ1n) is 8.14. The predicted molar refractivity (Wildman–Crippen MR) is 106 cm³/mol. The molecule has 2 N–H and O–H groups in total. The molecule has 0 radical (unpaired) electrons. The zero-order valence-corrected chi connectivity index (χ0v) is 17.3. The monoisotopic (exact) mass is 358 g/mol. The Kier molecular flexibility index (Phi) is 5.01. The van der Waals surface area contributed by atoms with Gasteiger partial charge >= 0.3 is 0 Å². The molecule has 0 fully saturated rings. The third-order valence-corrected chi connectivity index (χ3v) is 5.31. The molecule has 2 rings (SSSR count). The van der Waals surface area contributed by atoms with Crippen molar-refractivity contribution in [2.24, 2.45) is 0 Å². The first kappa shape index (κ1) is 18.4. The summed E-state index contributed by atoms with van der Waals surface area (Å²) in [4.78, 5) is 31.7. The number of nitrogens with one attached hydrogen (secondary N) is 2.